The maximum Gasteiger partial charge on any atom is 0.0992 e. The molecule has 0 atom stereocenters. The molecule has 0 amide bonds. The lowest BCUT2D eigenvalue weighted by Gasteiger charge is -2.19. The van der Waals surface area contributed by atoms with E-state index in [1.807, 2.05) is 31.5 Å². The molecule has 0 aromatic carbocycles. The largest absolute Gasteiger partial charge is 0.338 e. The molecule has 0 spiro atoms. The van der Waals surface area contributed by atoms with E-state index in [-0.39, 0.29) is 5.54 Å². The molecule has 0 fully saturated rings. The van der Waals surface area contributed by atoms with Crippen LogP contribution in [0.15, 0.2) is 24.5 Å². The standard InChI is InChI=1S/C10H13N/c1-4-7-10(2,3)11-8-5-6-9-11/h5-6,8-9H,1-3H3. The molecule has 0 saturated carbocycles. The average molecular weight is 147 g/mol. The Morgan fingerprint density at radius 3 is 2.18 bits per heavy atom. The molecule has 58 valence electrons. The van der Waals surface area contributed by atoms with Crippen molar-refractivity contribution in [2.45, 2.75) is 26.3 Å². The number of hydrogen-bond acceptors (Lipinski definition) is 0. The first-order valence-electron chi connectivity index (χ1n) is 3.74. The summed E-state index contributed by atoms with van der Waals surface area (Å²) in [5.74, 6) is 6.06. The lowest BCUT2D eigenvalue weighted by atomic mass is 10.1. The predicted molar refractivity (Wildman–Crippen MR) is 47.2 cm³/mol. The van der Waals surface area contributed by atoms with Crippen molar-refractivity contribution in [3.8, 4) is 11.8 Å². The molecule has 0 bridgehead atoms. The fraction of sp³-hybridized carbons (Fsp3) is 0.400. The van der Waals surface area contributed by atoms with Gasteiger partial charge >= 0.3 is 0 Å². The minimum atomic E-state index is -0.0712. The summed E-state index contributed by atoms with van der Waals surface area (Å²) in [5, 5.41) is 0. The number of aromatic nitrogens is 1. The van der Waals surface area contributed by atoms with Crippen LogP contribution in [0.5, 0.6) is 0 Å². The molecule has 0 unspecified atom stereocenters. The second-order valence-corrected chi connectivity index (χ2v) is 3.02. The highest BCUT2D eigenvalue weighted by molar-refractivity contribution is 5.13. The Morgan fingerprint density at radius 2 is 1.73 bits per heavy atom. The van der Waals surface area contributed by atoms with Gasteiger partial charge in [0.25, 0.3) is 0 Å². The fourth-order valence-corrected chi connectivity index (χ4v) is 1.08. The third-order valence-electron chi connectivity index (χ3n) is 1.68. The van der Waals surface area contributed by atoms with Crippen molar-refractivity contribution in [3.63, 3.8) is 0 Å². The van der Waals surface area contributed by atoms with E-state index in [2.05, 4.69) is 30.3 Å². The van der Waals surface area contributed by atoms with Crippen molar-refractivity contribution >= 4 is 0 Å². The first-order valence-corrected chi connectivity index (χ1v) is 3.74. The van der Waals surface area contributed by atoms with E-state index in [4.69, 9.17) is 0 Å². The molecule has 11 heavy (non-hydrogen) atoms. The first kappa shape index (κ1) is 7.94. The molecule has 0 aliphatic heterocycles. The maximum atomic E-state index is 3.14. The smallest absolute Gasteiger partial charge is 0.0992 e. The van der Waals surface area contributed by atoms with Crippen LogP contribution in [0.25, 0.3) is 0 Å². The Bertz CT molecular complexity index is 270. The van der Waals surface area contributed by atoms with Gasteiger partial charge in [-0.1, -0.05) is 5.92 Å². The van der Waals surface area contributed by atoms with Crippen LogP contribution < -0.4 is 0 Å². The Morgan fingerprint density at radius 1 is 1.18 bits per heavy atom. The van der Waals surface area contributed by atoms with Crippen molar-refractivity contribution in [3.05, 3.63) is 24.5 Å². The first-order chi connectivity index (χ1) is 5.17. The molecular formula is C10H13N. The van der Waals surface area contributed by atoms with Crippen LogP contribution >= 0.6 is 0 Å². The summed E-state index contributed by atoms with van der Waals surface area (Å²) in [6.45, 7) is 6.07. The van der Waals surface area contributed by atoms with E-state index in [1.54, 1.807) is 0 Å². The molecule has 1 rings (SSSR count). The second kappa shape index (κ2) is 2.84. The molecule has 1 aromatic rings. The van der Waals surface area contributed by atoms with E-state index in [0.717, 1.165) is 0 Å². The fourth-order valence-electron chi connectivity index (χ4n) is 1.08. The SMILES string of the molecule is CC#CC(C)(C)n1cccc1. The highest BCUT2D eigenvalue weighted by Gasteiger charge is 2.13. The van der Waals surface area contributed by atoms with E-state index in [0.29, 0.717) is 0 Å². The van der Waals surface area contributed by atoms with Gasteiger partial charge in [0, 0.05) is 12.4 Å². The van der Waals surface area contributed by atoms with Gasteiger partial charge in [0.15, 0.2) is 0 Å². The lowest BCUT2D eigenvalue weighted by Crippen LogP contribution is -2.22. The zero-order valence-electron chi connectivity index (χ0n) is 7.26. The molecule has 1 heteroatoms. The molecule has 0 aliphatic rings. The van der Waals surface area contributed by atoms with Crippen molar-refractivity contribution in [1.29, 1.82) is 0 Å². The minimum Gasteiger partial charge on any atom is -0.338 e. The zero-order chi connectivity index (χ0) is 8.32. The van der Waals surface area contributed by atoms with Crippen LogP contribution in [0, 0.1) is 11.8 Å². The Hall–Kier alpha value is -1.16. The van der Waals surface area contributed by atoms with Gasteiger partial charge in [-0.05, 0) is 32.9 Å². The minimum absolute atomic E-state index is 0.0712. The van der Waals surface area contributed by atoms with Crippen LogP contribution in [-0.4, -0.2) is 4.57 Å². The van der Waals surface area contributed by atoms with Crippen molar-refractivity contribution in [1.82, 2.24) is 4.57 Å². The summed E-state index contributed by atoms with van der Waals surface area (Å²) < 4.78 is 2.10. The van der Waals surface area contributed by atoms with Crippen molar-refractivity contribution in [2.75, 3.05) is 0 Å². The molecule has 0 saturated heterocycles. The van der Waals surface area contributed by atoms with Gasteiger partial charge in [-0.2, -0.15) is 0 Å². The van der Waals surface area contributed by atoms with Crippen LogP contribution in [0.3, 0.4) is 0 Å². The molecule has 1 heterocycles. The number of rotatable bonds is 1. The average Bonchev–Trinajstić information content (AvgIpc) is 2.37. The van der Waals surface area contributed by atoms with Gasteiger partial charge in [-0.15, -0.1) is 5.92 Å². The summed E-state index contributed by atoms with van der Waals surface area (Å²) in [7, 11) is 0. The quantitative estimate of drug-likeness (QED) is 0.537. The lowest BCUT2D eigenvalue weighted by molar-refractivity contribution is 0.476. The van der Waals surface area contributed by atoms with Crippen LogP contribution in [0.4, 0.5) is 0 Å². The highest BCUT2D eigenvalue weighted by Crippen LogP contribution is 2.12. The highest BCUT2D eigenvalue weighted by atomic mass is 15.0. The van der Waals surface area contributed by atoms with Gasteiger partial charge in [0.05, 0.1) is 5.54 Å². The van der Waals surface area contributed by atoms with Gasteiger partial charge in [0.2, 0.25) is 0 Å². The van der Waals surface area contributed by atoms with Crippen LogP contribution in [0.2, 0.25) is 0 Å². The monoisotopic (exact) mass is 147 g/mol. The Balaban J connectivity index is 2.96. The van der Waals surface area contributed by atoms with Crippen LogP contribution in [0.1, 0.15) is 20.8 Å². The summed E-state index contributed by atoms with van der Waals surface area (Å²) in [5.41, 5.74) is -0.0712. The molecule has 0 aliphatic carbocycles. The van der Waals surface area contributed by atoms with Crippen LogP contribution in [-0.2, 0) is 5.54 Å². The zero-order valence-corrected chi connectivity index (χ0v) is 7.26. The predicted octanol–water partition coefficient (Wildman–Crippen LogP) is 2.25. The summed E-state index contributed by atoms with van der Waals surface area (Å²) in [6, 6.07) is 4.03. The van der Waals surface area contributed by atoms with E-state index >= 15 is 0 Å². The van der Waals surface area contributed by atoms with Crippen molar-refractivity contribution < 1.29 is 0 Å². The Labute approximate surface area is 68.0 Å². The summed E-state index contributed by atoms with van der Waals surface area (Å²) in [6.07, 6.45) is 4.06. The number of nitrogens with zero attached hydrogens (tertiary/aromatic N) is 1. The summed E-state index contributed by atoms with van der Waals surface area (Å²) in [4.78, 5) is 0. The maximum absolute atomic E-state index is 3.14. The van der Waals surface area contributed by atoms with Gasteiger partial charge < -0.3 is 4.57 Å². The normalized spacial score (nSPS) is 10.5. The molecular weight excluding hydrogens is 134 g/mol. The Kier molecular flexibility index (Phi) is 2.05. The van der Waals surface area contributed by atoms with E-state index < -0.39 is 0 Å². The van der Waals surface area contributed by atoms with Gasteiger partial charge in [0.1, 0.15) is 0 Å². The third kappa shape index (κ3) is 1.65. The molecule has 1 aromatic heterocycles. The van der Waals surface area contributed by atoms with Crippen molar-refractivity contribution in [2.24, 2.45) is 0 Å². The summed E-state index contributed by atoms with van der Waals surface area (Å²) >= 11 is 0. The molecule has 0 N–H and O–H groups in total. The topological polar surface area (TPSA) is 4.93 Å². The van der Waals surface area contributed by atoms with Gasteiger partial charge in [-0.3, -0.25) is 0 Å². The number of hydrogen-bond donors (Lipinski definition) is 0. The molecule has 0 radical (unpaired) electrons. The molecule has 1 nitrogen and oxygen atoms in total. The van der Waals surface area contributed by atoms with E-state index in [9.17, 15) is 0 Å². The third-order valence-corrected chi connectivity index (χ3v) is 1.68. The van der Waals surface area contributed by atoms with Gasteiger partial charge in [-0.25, -0.2) is 0 Å². The van der Waals surface area contributed by atoms with E-state index in [1.165, 1.54) is 0 Å². The second-order valence-electron chi connectivity index (χ2n) is 3.02.